The molecule has 1 aliphatic rings. The van der Waals surface area contributed by atoms with Gasteiger partial charge in [0.15, 0.2) is 6.29 Å². The Hall–Kier alpha value is -2.00. The first-order valence-electron chi connectivity index (χ1n) is 8.58. The molecule has 1 aromatic carbocycles. The molecule has 1 heterocycles. The van der Waals surface area contributed by atoms with E-state index in [-0.39, 0.29) is 30.6 Å². The van der Waals surface area contributed by atoms with E-state index in [1.54, 1.807) is 0 Å². The molecule has 2 unspecified atom stereocenters. The third-order valence-corrected chi connectivity index (χ3v) is 4.15. The SMILES string of the molecule is C#CCCCO[C@@H]1OC(C)[C@@H](O)[C@@H](OCc2ccccc2)C1C.O=C=O. The van der Waals surface area contributed by atoms with Crippen molar-refractivity contribution in [2.24, 2.45) is 5.92 Å². The van der Waals surface area contributed by atoms with Crippen molar-refractivity contribution in [3.8, 4) is 12.3 Å². The minimum atomic E-state index is -0.667. The molecule has 0 radical (unpaired) electrons. The Balaban J connectivity index is 0.00000105. The van der Waals surface area contributed by atoms with E-state index in [1.165, 1.54) is 0 Å². The quantitative estimate of drug-likeness (QED) is 0.591. The first-order valence-corrected chi connectivity index (χ1v) is 8.58. The number of ether oxygens (including phenoxy) is 3. The van der Waals surface area contributed by atoms with E-state index >= 15 is 0 Å². The van der Waals surface area contributed by atoms with Crippen LogP contribution in [0.25, 0.3) is 0 Å². The van der Waals surface area contributed by atoms with Gasteiger partial charge in [-0.3, -0.25) is 0 Å². The lowest BCUT2D eigenvalue weighted by Crippen LogP contribution is -2.54. The molecule has 1 aromatic rings. The summed E-state index contributed by atoms with van der Waals surface area (Å²) in [6, 6.07) is 9.93. The van der Waals surface area contributed by atoms with E-state index in [9.17, 15) is 5.11 Å². The molecule has 6 heteroatoms. The second-order valence-corrected chi connectivity index (χ2v) is 6.08. The van der Waals surface area contributed by atoms with Crippen molar-refractivity contribution in [1.29, 1.82) is 0 Å². The van der Waals surface area contributed by atoms with Crippen LogP contribution in [0.5, 0.6) is 0 Å². The number of carbonyl (C=O) groups excluding carboxylic acids is 2. The van der Waals surface area contributed by atoms with Crippen LogP contribution in [0.2, 0.25) is 0 Å². The molecule has 2 rings (SSSR count). The molecule has 1 N–H and O–H groups in total. The lowest BCUT2D eigenvalue weighted by molar-refractivity contribution is -0.282. The van der Waals surface area contributed by atoms with Crippen molar-refractivity contribution in [1.82, 2.24) is 0 Å². The Morgan fingerprint density at radius 1 is 1.19 bits per heavy atom. The number of aliphatic hydroxyl groups is 1. The van der Waals surface area contributed by atoms with Gasteiger partial charge in [0.05, 0.1) is 25.4 Å². The van der Waals surface area contributed by atoms with Crippen LogP contribution >= 0.6 is 0 Å². The summed E-state index contributed by atoms with van der Waals surface area (Å²) in [7, 11) is 0. The largest absolute Gasteiger partial charge is 0.388 e. The van der Waals surface area contributed by atoms with Gasteiger partial charge in [-0.05, 0) is 18.9 Å². The molecular weight excluding hydrogens is 336 g/mol. The van der Waals surface area contributed by atoms with Gasteiger partial charge < -0.3 is 19.3 Å². The molecule has 0 amide bonds. The van der Waals surface area contributed by atoms with Crippen LogP contribution in [0.4, 0.5) is 0 Å². The van der Waals surface area contributed by atoms with Crippen LogP contribution in [0.1, 0.15) is 32.3 Å². The maximum absolute atomic E-state index is 10.4. The van der Waals surface area contributed by atoms with Crippen molar-refractivity contribution in [3.05, 3.63) is 35.9 Å². The number of hydrogen-bond donors (Lipinski definition) is 1. The average Bonchev–Trinajstić information content (AvgIpc) is 2.64. The third-order valence-electron chi connectivity index (χ3n) is 4.15. The minimum Gasteiger partial charge on any atom is -0.388 e. The van der Waals surface area contributed by atoms with Gasteiger partial charge in [-0.1, -0.05) is 37.3 Å². The second kappa shape index (κ2) is 12.4. The van der Waals surface area contributed by atoms with E-state index in [4.69, 9.17) is 30.2 Å². The summed E-state index contributed by atoms with van der Waals surface area (Å²) in [5.41, 5.74) is 1.08. The lowest BCUT2D eigenvalue weighted by Gasteiger charge is -2.42. The Morgan fingerprint density at radius 3 is 2.46 bits per heavy atom. The normalized spacial score (nSPS) is 27.5. The summed E-state index contributed by atoms with van der Waals surface area (Å²) in [6.07, 6.45) is 5.28. The van der Waals surface area contributed by atoms with Gasteiger partial charge in [0.25, 0.3) is 0 Å². The predicted molar refractivity (Wildman–Crippen MR) is 93.6 cm³/mol. The summed E-state index contributed by atoms with van der Waals surface area (Å²) in [5.74, 6) is 2.53. The summed E-state index contributed by atoms with van der Waals surface area (Å²) < 4.78 is 17.5. The van der Waals surface area contributed by atoms with Crippen LogP contribution in [-0.2, 0) is 30.4 Å². The van der Waals surface area contributed by atoms with Gasteiger partial charge in [-0.15, -0.1) is 12.3 Å². The molecule has 1 aliphatic heterocycles. The van der Waals surface area contributed by atoms with E-state index in [1.807, 2.05) is 44.2 Å². The fourth-order valence-corrected chi connectivity index (χ4v) is 2.73. The van der Waals surface area contributed by atoms with E-state index < -0.39 is 6.10 Å². The topological polar surface area (TPSA) is 82.1 Å². The van der Waals surface area contributed by atoms with Gasteiger partial charge in [-0.2, -0.15) is 9.59 Å². The molecule has 0 bridgehead atoms. The maximum Gasteiger partial charge on any atom is 0.373 e. The van der Waals surface area contributed by atoms with E-state index in [0.29, 0.717) is 19.6 Å². The van der Waals surface area contributed by atoms with Gasteiger partial charge in [-0.25, -0.2) is 0 Å². The molecule has 0 aliphatic carbocycles. The number of aliphatic hydroxyl groups excluding tert-OH is 1. The fourth-order valence-electron chi connectivity index (χ4n) is 2.73. The maximum atomic E-state index is 10.4. The van der Waals surface area contributed by atoms with Crippen LogP contribution in [0.15, 0.2) is 30.3 Å². The van der Waals surface area contributed by atoms with Crippen molar-refractivity contribution in [2.75, 3.05) is 6.61 Å². The zero-order valence-electron chi connectivity index (χ0n) is 15.2. The summed E-state index contributed by atoms with van der Waals surface area (Å²) in [5, 5.41) is 10.4. The summed E-state index contributed by atoms with van der Waals surface area (Å²) in [4.78, 5) is 16.2. The number of benzene rings is 1. The number of rotatable bonds is 7. The Morgan fingerprint density at radius 2 is 1.85 bits per heavy atom. The molecule has 0 aromatic heterocycles. The van der Waals surface area contributed by atoms with Gasteiger partial charge >= 0.3 is 6.15 Å². The Kier molecular flexibility index (Phi) is 10.5. The molecule has 6 nitrogen and oxygen atoms in total. The zero-order chi connectivity index (χ0) is 19.4. The van der Waals surface area contributed by atoms with E-state index in [2.05, 4.69) is 5.92 Å². The first kappa shape index (κ1) is 22.0. The zero-order valence-corrected chi connectivity index (χ0v) is 15.2. The lowest BCUT2D eigenvalue weighted by atomic mass is 9.92. The van der Waals surface area contributed by atoms with Crippen LogP contribution in [-0.4, -0.2) is 42.5 Å². The van der Waals surface area contributed by atoms with Gasteiger partial charge in [0.1, 0.15) is 6.10 Å². The molecule has 0 spiro atoms. The first-order chi connectivity index (χ1) is 12.5. The number of hydrogen-bond acceptors (Lipinski definition) is 6. The molecule has 26 heavy (non-hydrogen) atoms. The summed E-state index contributed by atoms with van der Waals surface area (Å²) >= 11 is 0. The minimum absolute atomic E-state index is 0.0595. The van der Waals surface area contributed by atoms with Gasteiger partial charge in [0, 0.05) is 12.3 Å². The highest BCUT2D eigenvalue weighted by Gasteiger charge is 2.42. The van der Waals surface area contributed by atoms with Crippen molar-refractivity contribution < 1.29 is 28.9 Å². The van der Waals surface area contributed by atoms with Gasteiger partial charge in [0.2, 0.25) is 0 Å². The average molecular weight is 362 g/mol. The monoisotopic (exact) mass is 362 g/mol. The highest BCUT2D eigenvalue weighted by Crippen LogP contribution is 2.29. The Bertz CT molecular complexity index is 576. The fraction of sp³-hybridized carbons (Fsp3) is 0.550. The highest BCUT2D eigenvalue weighted by atomic mass is 16.7. The highest BCUT2D eigenvalue weighted by molar-refractivity contribution is 5.20. The second-order valence-electron chi connectivity index (χ2n) is 6.08. The standard InChI is InChI=1S/C19H26O4.CO2/c1-4-5-9-12-21-19-14(2)18(17(20)15(3)23-19)22-13-16-10-7-6-8-11-16;2-1-3/h1,6-8,10-11,14-15,17-20H,5,9,12-13H2,2-3H3;/t14?,15?,17-,18+,19-;/m1./s1. The van der Waals surface area contributed by atoms with Crippen molar-refractivity contribution in [3.63, 3.8) is 0 Å². The van der Waals surface area contributed by atoms with E-state index in [0.717, 1.165) is 12.0 Å². The van der Waals surface area contributed by atoms with Crippen LogP contribution in [0.3, 0.4) is 0 Å². The molecule has 142 valence electrons. The molecule has 5 atom stereocenters. The van der Waals surface area contributed by atoms with Crippen LogP contribution in [0, 0.1) is 18.3 Å². The molecular formula is C20H26O6. The predicted octanol–water partition coefficient (Wildman–Crippen LogP) is 2.16. The van der Waals surface area contributed by atoms with Crippen LogP contribution < -0.4 is 0 Å². The Labute approximate surface area is 154 Å². The molecule has 1 fully saturated rings. The third kappa shape index (κ3) is 7.09. The van der Waals surface area contributed by atoms with Crippen molar-refractivity contribution >= 4 is 6.15 Å². The smallest absolute Gasteiger partial charge is 0.373 e. The summed E-state index contributed by atoms with van der Waals surface area (Å²) in [6.45, 7) is 4.83. The number of terminal acetylenes is 1. The van der Waals surface area contributed by atoms with Crippen molar-refractivity contribution in [2.45, 2.75) is 57.9 Å². The molecule has 1 saturated heterocycles. The molecule has 0 saturated carbocycles. The number of unbranched alkanes of at least 4 members (excludes halogenated alkanes) is 1.